The van der Waals surface area contributed by atoms with Crippen molar-refractivity contribution in [3.8, 4) is 11.5 Å². The third-order valence-electron chi connectivity index (χ3n) is 5.39. The molecule has 0 unspecified atom stereocenters. The largest absolute Gasteiger partial charge is 0.490 e. The highest BCUT2D eigenvalue weighted by molar-refractivity contribution is 9.10. The Morgan fingerprint density at radius 2 is 2.00 bits per heavy atom. The summed E-state index contributed by atoms with van der Waals surface area (Å²) in [6, 6.07) is 11.3. The van der Waals surface area contributed by atoms with E-state index in [9.17, 15) is 9.59 Å². The fraction of sp³-hybridized carbons (Fsp3) is 0.320. The molecular weight excluding hydrogens is 552 g/mol. The summed E-state index contributed by atoms with van der Waals surface area (Å²) in [5.41, 5.74) is 2.55. The van der Waals surface area contributed by atoms with Gasteiger partial charge in [-0.15, -0.1) is 0 Å². The predicted molar refractivity (Wildman–Crippen MR) is 145 cm³/mol. The summed E-state index contributed by atoms with van der Waals surface area (Å²) in [7, 11) is 0. The van der Waals surface area contributed by atoms with Crippen molar-refractivity contribution in [1.29, 1.82) is 0 Å². The van der Waals surface area contributed by atoms with E-state index in [0.29, 0.717) is 58.1 Å². The highest BCUT2D eigenvalue weighted by Crippen LogP contribution is 2.40. The number of benzene rings is 2. The molecule has 0 radical (unpaired) electrons. The third-order valence-corrected chi connectivity index (χ3v) is 7.28. The van der Waals surface area contributed by atoms with Crippen molar-refractivity contribution < 1.29 is 23.8 Å². The summed E-state index contributed by atoms with van der Waals surface area (Å²) in [5.74, 6) is 0.651. The summed E-state index contributed by atoms with van der Waals surface area (Å²) in [6.07, 6.45) is 1.78. The van der Waals surface area contributed by atoms with Crippen LogP contribution in [-0.2, 0) is 14.3 Å². The second-order valence-corrected chi connectivity index (χ2v) is 10.4. The molecule has 0 spiro atoms. The number of rotatable bonds is 7. The molecule has 0 N–H and O–H groups in total. The molecule has 0 aliphatic carbocycles. The highest BCUT2D eigenvalue weighted by Gasteiger charge is 2.33. The number of carbonyl (C=O) groups excluding carboxylic acids is 2. The van der Waals surface area contributed by atoms with Crippen molar-refractivity contribution >= 4 is 67.8 Å². The number of hydrogen-bond acceptors (Lipinski definition) is 7. The normalized spacial score (nSPS) is 17.3. The van der Waals surface area contributed by atoms with Gasteiger partial charge >= 0.3 is 0 Å². The number of morpholine rings is 1. The van der Waals surface area contributed by atoms with E-state index >= 15 is 0 Å². The van der Waals surface area contributed by atoms with Crippen LogP contribution < -0.4 is 14.4 Å². The lowest BCUT2D eigenvalue weighted by molar-refractivity contribution is -0.137. The molecule has 2 aromatic carbocycles. The van der Waals surface area contributed by atoms with Gasteiger partial charge in [0.2, 0.25) is 0 Å². The van der Waals surface area contributed by atoms with E-state index in [-0.39, 0.29) is 18.4 Å². The number of hydrogen-bond donors (Lipinski definition) is 0. The summed E-state index contributed by atoms with van der Waals surface area (Å²) in [5, 5.41) is 0. The second kappa shape index (κ2) is 11.6. The molecule has 35 heavy (non-hydrogen) atoms. The minimum Gasteiger partial charge on any atom is -0.490 e. The van der Waals surface area contributed by atoms with Gasteiger partial charge in [-0.25, -0.2) is 0 Å². The fourth-order valence-corrected chi connectivity index (χ4v) is 5.59. The number of amides is 2. The van der Waals surface area contributed by atoms with Crippen LogP contribution in [0.5, 0.6) is 11.5 Å². The second-order valence-electron chi connectivity index (χ2n) is 7.90. The van der Waals surface area contributed by atoms with Gasteiger partial charge in [0, 0.05) is 13.1 Å². The van der Waals surface area contributed by atoms with Crippen LogP contribution >= 0.6 is 39.9 Å². The van der Waals surface area contributed by atoms with E-state index in [1.54, 1.807) is 21.9 Å². The molecule has 2 fully saturated rings. The minimum atomic E-state index is -0.170. The molecule has 2 aliphatic heterocycles. The standard InChI is InChI=1S/C25H25BrN2O5S2/c1-3-32-20-13-17(12-19(26)23(20)33-15-22(29)27-7-9-31-10-8-27)14-21-24(30)28(25(34)35-21)18-6-4-5-16(2)11-18/h4-6,11-14H,3,7-10,15H2,1-2H3/b21-14-. The Kier molecular flexibility index (Phi) is 8.48. The Hall–Kier alpha value is -2.40. The molecule has 184 valence electrons. The van der Waals surface area contributed by atoms with Gasteiger partial charge in [0.05, 0.1) is 34.9 Å². The Labute approximate surface area is 222 Å². The zero-order valence-electron chi connectivity index (χ0n) is 19.4. The predicted octanol–water partition coefficient (Wildman–Crippen LogP) is 4.80. The van der Waals surface area contributed by atoms with Crippen molar-refractivity contribution in [2.45, 2.75) is 13.8 Å². The van der Waals surface area contributed by atoms with Crippen LogP contribution in [0.1, 0.15) is 18.1 Å². The third kappa shape index (κ3) is 6.06. The van der Waals surface area contributed by atoms with Gasteiger partial charge in [-0.1, -0.05) is 36.1 Å². The molecule has 0 atom stereocenters. The summed E-state index contributed by atoms with van der Waals surface area (Å²) >= 11 is 10.3. The topological polar surface area (TPSA) is 68.3 Å². The first-order chi connectivity index (χ1) is 16.9. The van der Waals surface area contributed by atoms with Gasteiger partial charge in [-0.2, -0.15) is 0 Å². The maximum Gasteiger partial charge on any atom is 0.270 e. The van der Waals surface area contributed by atoms with Gasteiger partial charge < -0.3 is 19.1 Å². The van der Waals surface area contributed by atoms with E-state index in [1.807, 2.05) is 44.2 Å². The van der Waals surface area contributed by atoms with Crippen LogP contribution in [0.3, 0.4) is 0 Å². The van der Waals surface area contributed by atoms with Crippen molar-refractivity contribution in [2.24, 2.45) is 0 Å². The van der Waals surface area contributed by atoms with Gasteiger partial charge in [-0.05, 0) is 71.2 Å². The maximum absolute atomic E-state index is 13.2. The van der Waals surface area contributed by atoms with Gasteiger partial charge in [-0.3, -0.25) is 14.5 Å². The van der Waals surface area contributed by atoms with Crippen molar-refractivity contribution in [3.63, 3.8) is 0 Å². The van der Waals surface area contributed by atoms with Crippen molar-refractivity contribution in [2.75, 3.05) is 44.4 Å². The first-order valence-corrected chi connectivity index (χ1v) is 13.2. The van der Waals surface area contributed by atoms with Crippen LogP contribution in [-0.4, -0.2) is 60.6 Å². The number of carbonyl (C=O) groups is 2. The molecule has 0 saturated carbocycles. The SMILES string of the molecule is CCOc1cc(/C=C2\SC(=S)N(c3cccc(C)c3)C2=O)cc(Br)c1OCC(=O)N1CCOCC1. The van der Waals surface area contributed by atoms with E-state index in [1.165, 1.54) is 11.8 Å². The van der Waals surface area contributed by atoms with Crippen molar-refractivity contribution in [3.05, 3.63) is 56.9 Å². The average molecular weight is 578 g/mol. The lowest BCUT2D eigenvalue weighted by atomic mass is 10.1. The number of thiocarbonyl (C=S) groups is 1. The number of aryl methyl sites for hydroxylation is 1. The van der Waals surface area contributed by atoms with Crippen LogP contribution in [0.4, 0.5) is 5.69 Å². The van der Waals surface area contributed by atoms with E-state index in [4.69, 9.17) is 26.4 Å². The van der Waals surface area contributed by atoms with Crippen LogP contribution in [0, 0.1) is 6.92 Å². The van der Waals surface area contributed by atoms with Gasteiger partial charge in [0.15, 0.2) is 22.4 Å². The molecule has 10 heteroatoms. The highest BCUT2D eigenvalue weighted by atomic mass is 79.9. The smallest absolute Gasteiger partial charge is 0.270 e. The summed E-state index contributed by atoms with van der Waals surface area (Å²) < 4.78 is 18.1. The molecule has 2 saturated heterocycles. The first-order valence-electron chi connectivity index (χ1n) is 11.2. The van der Waals surface area contributed by atoms with E-state index < -0.39 is 0 Å². The maximum atomic E-state index is 13.2. The van der Waals surface area contributed by atoms with Gasteiger partial charge in [0.1, 0.15) is 0 Å². The zero-order chi connectivity index (χ0) is 24.9. The number of anilines is 1. The Balaban J connectivity index is 1.54. The Bertz CT molecular complexity index is 1180. The molecule has 7 nitrogen and oxygen atoms in total. The number of nitrogens with zero attached hydrogens (tertiary/aromatic N) is 2. The molecule has 2 aromatic rings. The number of halogens is 1. The number of ether oxygens (including phenoxy) is 3. The summed E-state index contributed by atoms with van der Waals surface area (Å²) in [6.45, 7) is 6.34. The molecule has 0 aromatic heterocycles. The molecule has 0 bridgehead atoms. The van der Waals surface area contributed by atoms with Crippen LogP contribution in [0.15, 0.2) is 45.8 Å². The molecule has 2 amide bonds. The first kappa shape index (κ1) is 25.7. The molecular formula is C25H25BrN2O5S2. The Morgan fingerprint density at radius 3 is 2.71 bits per heavy atom. The monoisotopic (exact) mass is 576 g/mol. The van der Waals surface area contributed by atoms with Crippen LogP contribution in [0.25, 0.3) is 6.08 Å². The van der Waals surface area contributed by atoms with Crippen LogP contribution in [0.2, 0.25) is 0 Å². The van der Waals surface area contributed by atoms with E-state index in [0.717, 1.165) is 16.8 Å². The lowest BCUT2D eigenvalue weighted by Crippen LogP contribution is -2.43. The lowest BCUT2D eigenvalue weighted by Gasteiger charge is -2.27. The van der Waals surface area contributed by atoms with Gasteiger partial charge in [0.25, 0.3) is 11.8 Å². The van der Waals surface area contributed by atoms with Crippen molar-refractivity contribution in [1.82, 2.24) is 4.90 Å². The zero-order valence-corrected chi connectivity index (χ0v) is 22.6. The quantitative estimate of drug-likeness (QED) is 0.346. The minimum absolute atomic E-state index is 0.104. The molecule has 4 rings (SSSR count). The number of thioether (sulfide) groups is 1. The fourth-order valence-electron chi connectivity index (χ4n) is 3.72. The Morgan fingerprint density at radius 1 is 1.23 bits per heavy atom. The van der Waals surface area contributed by atoms with E-state index in [2.05, 4.69) is 15.9 Å². The average Bonchev–Trinajstić information content (AvgIpc) is 3.11. The molecule has 2 aliphatic rings. The summed E-state index contributed by atoms with van der Waals surface area (Å²) in [4.78, 5) is 29.4. The molecule has 2 heterocycles.